The van der Waals surface area contributed by atoms with Crippen LogP contribution in [0.3, 0.4) is 0 Å². The molecule has 0 bridgehead atoms. The van der Waals surface area contributed by atoms with Crippen molar-refractivity contribution in [1.82, 2.24) is 20.5 Å². The normalized spacial score (nSPS) is 17.6. The van der Waals surface area contributed by atoms with Crippen LogP contribution in [0.1, 0.15) is 29.3 Å². The van der Waals surface area contributed by atoms with E-state index in [0.717, 1.165) is 23.3 Å². The van der Waals surface area contributed by atoms with Gasteiger partial charge in [-0.05, 0) is 42.4 Å². The molecule has 1 aliphatic rings. The van der Waals surface area contributed by atoms with Gasteiger partial charge in [-0.3, -0.25) is 5.10 Å². The third kappa shape index (κ3) is 2.51. The highest BCUT2D eigenvalue weighted by Crippen LogP contribution is 2.35. The first kappa shape index (κ1) is 13.8. The molecule has 0 fully saturated rings. The molecule has 0 radical (unpaired) electrons. The number of nitrogens with one attached hydrogen (secondary N) is 2. The van der Waals surface area contributed by atoms with Gasteiger partial charge in [0.05, 0.1) is 0 Å². The van der Waals surface area contributed by atoms with E-state index in [2.05, 4.69) is 50.8 Å². The fraction of sp³-hybridized carbons (Fsp3) is 0.294. The molecule has 1 aliphatic heterocycles. The second kappa shape index (κ2) is 5.74. The van der Waals surface area contributed by atoms with Gasteiger partial charge in [-0.25, -0.2) is 4.98 Å². The number of fused-ring (bicyclic) bond motifs is 2. The van der Waals surface area contributed by atoms with Gasteiger partial charge in [-0.15, -0.1) is 11.8 Å². The molecule has 4 nitrogen and oxygen atoms in total. The predicted molar refractivity (Wildman–Crippen MR) is 90.0 cm³/mol. The first-order valence-corrected chi connectivity index (χ1v) is 8.54. The molecule has 0 saturated heterocycles. The Morgan fingerprint density at radius 3 is 3.23 bits per heavy atom. The van der Waals surface area contributed by atoms with Gasteiger partial charge in [-0.1, -0.05) is 18.2 Å². The third-order valence-corrected chi connectivity index (χ3v) is 5.29. The van der Waals surface area contributed by atoms with Crippen molar-refractivity contribution in [2.75, 3.05) is 5.75 Å². The number of thioether (sulfide) groups is 1. The summed E-state index contributed by atoms with van der Waals surface area (Å²) in [7, 11) is 0. The lowest BCUT2D eigenvalue weighted by molar-refractivity contribution is 0.510. The Kier molecular flexibility index (Phi) is 3.60. The maximum Gasteiger partial charge on any atom is 0.181 e. The number of nitrogens with zero attached hydrogens (tertiary/aromatic N) is 2. The summed E-state index contributed by atoms with van der Waals surface area (Å²) in [5.41, 5.74) is 4.49. The third-order valence-electron chi connectivity index (χ3n) is 4.17. The number of H-pyrrole nitrogens is 1. The highest BCUT2D eigenvalue weighted by Gasteiger charge is 2.19. The van der Waals surface area contributed by atoms with E-state index in [-0.39, 0.29) is 0 Å². The first-order valence-electron chi connectivity index (χ1n) is 7.56. The second-order valence-electron chi connectivity index (χ2n) is 5.67. The molecular weight excluding hydrogens is 292 g/mol. The Balaban J connectivity index is 1.53. The number of rotatable bonds is 3. The van der Waals surface area contributed by atoms with Crippen LogP contribution < -0.4 is 5.32 Å². The zero-order chi connectivity index (χ0) is 14.9. The van der Waals surface area contributed by atoms with E-state index in [1.807, 2.05) is 24.9 Å². The summed E-state index contributed by atoms with van der Waals surface area (Å²) < 4.78 is 0. The molecule has 1 aromatic carbocycles. The monoisotopic (exact) mass is 310 g/mol. The van der Waals surface area contributed by atoms with Crippen LogP contribution in [0.2, 0.25) is 0 Å². The highest BCUT2D eigenvalue weighted by atomic mass is 32.2. The van der Waals surface area contributed by atoms with Gasteiger partial charge in [0.1, 0.15) is 0 Å². The molecule has 4 rings (SSSR count). The molecule has 0 aliphatic carbocycles. The molecular formula is C17H18N4S. The summed E-state index contributed by atoms with van der Waals surface area (Å²) in [6.07, 6.45) is 3.08. The molecule has 2 aromatic heterocycles. The van der Waals surface area contributed by atoms with Gasteiger partial charge in [-0.2, -0.15) is 5.10 Å². The molecule has 0 unspecified atom stereocenters. The van der Waals surface area contributed by atoms with Gasteiger partial charge in [0.25, 0.3) is 0 Å². The smallest absolute Gasteiger partial charge is 0.181 e. The summed E-state index contributed by atoms with van der Waals surface area (Å²) >= 11 is 1.95. The quantitative estimate of drug-likeness (QED) is 0.776. The van der Waals surface area contributed by atoms with Crippen LogP contribution in [0.15, 0.2) is 41.4 Å². The fourth-order valence-electron chi connectivity index (χ4n) is 2.95. The van der Waals surface area contributed by atoms with E-state index in [1.165, 1.54) is 28.2 Å². The van der Waals surface area contributed by atoms with Crippen molar-refractivity contribution in [2.24, 2.45) is 0 Å². The van der Waals surface area contributed by atoms with Crippen LogP contribution >= 0.6 is 11.8 Å². The number of aromatic nitrogens is 3. The average Bonchev–Trinajstić information content (AvgIpc) is 2.94. The molecule has 5 heteroatoms. The maximum absolute atomic E-state index is 4.42. The van der Waals surface area contributed by atoms with Gasteiger partial charge in [0, 0.05) is 34.8 Å². The summed E-state index contributed by atoms with van der Waals surface area (Å²) in [5.74, 6) is 1.17. The number of pyridine rings is 1. The number of hydrogen-bond acceptors (Lipinski definition) is 4. The highest BCUT2D eigenvalue weighted by molar-refractivity contribution is 7.99. The summed E-state index contributed by atoms with van der Waals surface area (Å²) in [4.78, 5) is 5.83. The van der Waals surface area contributed by atoms with E-state index in [4.69, 9.17) is 0 Å². The summed E-state index contributed by atoms with van der Waals surface area (Å²) in [5, 5.41) is 12.0. The molecule has 2 N–H and O–H groups in total. The number of aryl methyl sites for hydroxylation is 1. The zero-order valence-electron chi connectivity index (χ0n) is 12.5. The van der Waals surface area contributed by atoms with Gasteiger partial charge >= 0.3 is 0 Å². The van der Waals surface area contributed by atoms with Crippen molar-refractivity contribution in [3.8, 4) is 0 Å². The minimum Gasteiger partial charge on any atom is -0.306 e. The number of hydrogen-bond donors (Lipinski definition) is 2. The van der Waals surface area contributed by atoms with Crippen LogP contribution in [0, 0.1) is 6.92 Å². The first-order chi connectivity index (χ1) is 10.8. The van der Waals surface area contributed by atoms with E-state index >= 15 is 0 Å². The Morgan fingerprint density at radius 2 is 2.27 bits per heavy atom. The van der Waals surface area contributed by atoms with Crippen molar-refractivity contribution in [3.63, 3.8) is 0 Å². The van der Waals surface area contributed by atoms with Crippen molar-refractivity contribution in [3.05, 3.63) is 53.3 Å². The summed E-state index contributed by atoms with van der Waals surface area (Å²) in [6.45, 7) is 2.86. The lowest BCUT2D eigenvalue weighted by Gasteiger charge is -2.26. The SMILES string of the molecule is Cc1[nH]nc2ncc(CN[C@@H]3CCSc4ccccc43)cc12. The lowest BCUT2D eigenvalue weighted by Crippen LogP contribution is -2.24. The van der Waals surface area contributed by atoms with Gasteiger partial charge < -0.3 is 5.32 Å². The largest absolute Gasteiger partial charge is 0.306 e. The van der Waals surface area contributed by atoms with E-state index in [1.54, 1.807) is 0 Å². The molecule has 22 heavy (non-hydrogen) atoms. The zero-order valence-corrected chi connectivity index (χ0v) is 13.3. The average molecular weight is 310 g/mol. The van der Waals surface area contributed by atoms with Crippen molar-refractivity contribution in [1.29, 1.82) is 0 Å². The molecule has 0 saturated carbocycles. The van der Waals surface area contributed by atoms with E-state index < -0.39 is 0 Å². The van der Waals surface area contributed by atoms with E-state index in [0.29, 0.717) is 6.04 Å². The molecule has 3 aromatic rings. The minimum atomic E-state index is 0.429. The predicted octanol–water partition coefficient (Wildman–Crippen LogP) is 3.59. The van der Waals surface area contributed by atoms with Crippen LogP contribution in [-0.2, 0) is 6.54 Å². The molecule has 1 atom stereocenters. The number of aromatic amines is 1. The van der Waals surface area contributed by atoms with Crippen LogP contribution in [0.25, 0.3) is 11.0 Å². The minimum absolute atomic E-state index is 0.429. The van der Waals surface area contributed by atoms with Crippen molar-refractivity contribution in [2.45, 2.75) is 30.8 Å². The fourth-order valence-corrected chi connectivity index (χ4v) is 4.08. The summed E-state index contributed by atoms with van der Waals surface area (Å²) in [6, 6.07) is 11.3. The standard InChI is InChI=1S/C17H18N4S/c1-11-14-8-12(10-19-17(14)21-20-11)9-18-15-6-7-22-16-5-3-2-4-13(15)16/h2-5,8,10,15,18H,6-7,9H2,1H3,(H,19,20,21)/t15-/m1/s1. The van der Waals surface area contributed by atoms with Crippen LogP contribution in [0.5, 0.6) is 0 Å². The van der Waals surface area contributed by atoms with Crippen molar-refractivity contribution < 1.29 is 0 Å². The van der Waals surface area contributed by atoms with Crippen molar-refractivity contribution >= 4 is 22.8 Å². The Morgan fingerprint density at radius 1 is 1.36 bits per heavy atom. The maximum atomic E-state index is 4.42. The van der Waals surface area contributed by atoms with Crippen LogP contribution in [-0.4, -0.2) is 20.9 Å². The topological polar surface area (TPSA) is 53.6 Å². The molecule has 0 amide bonds. The van der Waals surface area contributed by atoms with E-state index in [9.17, 15) is 0 Å². The van der Waals surface area contributed by atoms with Gasteiger partial charge in [0.2, 0.25) is 0 Å². The molecule has 112 valence electrons. The second-order valence-corrected chi connectivity index (χ2v) is 6.81. The molecule has 3 heterocycles. The Labute approximate surface area is 133 Å². The molecule has 0 spiro atoms. The number of benzene rings is 1. The Bertz CT molecular complexity index is 811. The van der Waals surface area contributed by atoms with Crippen LogP contribution in [0.4, 0.5) is 0 Å². The lowest BCUT2D eigenvalue weighted by atomic mass is 10.0. The Hall–Kier alpha value is -1.85. The van der Waals surface area contributed by atoms with Gasteiger partial charge in [0.15, 0.2) is 5.65 Å².